The van der Waals surface area contributed by atoms with E-state index >= 15 is 0 Å². The van der Waals surface area contributed by atoms with Crippen LogP contribution in [0.4, 0.5) is 0 Å². The van der Waals surface area contributed by atoms with Crippen molar-refractivity contribution in [3.05, 3.63) is 52.7 Å². The van der Waals surface area contributed by atoms with E-state index in [0.717, 1.165) is 0 Å². The van der Waals surface area contributed by atoms with E-state index in [1.807, 2.05) is 0 Å². The predicted molar refractivity (Wildman–Crippen MR) is 165 cm³/mol. The zero-order valence-electron chi connectivity index (χ0n) is 25.5. The third-order valence-corrected chi connectivity index (χ3v) is 7.96. The van der Waals surface area contributed by atoms with Crippen LogP contribution in [0.1, 0.15) is 29.0 Å². The molecule has 2 aromatic rings. The smallest absolute Gasteiger partial charge is 0.253 e. The summed E-state index contributed by atoms with van der Waals surface area (Å²) >= 11 is 6.14. The zero-order chi connectivity index (χ0) is 33.6. The molecule has 0 radical (unpaired) electrons. The summed E-state index contributed by atoms with van der Waals surface area (Å²) in [7, 11) is 3.00. The maximum Gasteiger partial charge on any atom is 0.253 e. The Bertz CT molecular complexity index is 1570. The van der Waals surface area contributed by atoms with E-state index in [2.05, 4.69) is 51.6 Å². The molecule has 5 rings (SSSR count). The van der Waals surface area contributed by atoms with Crippen molar-refractivity contribution in [1.29, 1.82) is 0 Å². The maximum atomic E-state index is 13.3. The van der Waals surface area contributed by atoms with E-state index in [4.69, 9.17) is 43.3 Å². The van der Waals surface area contributed by atoms with Crippen molar-refractivity contribution >= 4 is 29.3 Å². The molecule has 9 N–H and O–H groups in total. The Balaban J connectivity index is 1.14. The van der Waals surface area contributed by atoms with Gasteiger partial charge in [-0.2, -0.15) is 9.97 Å². The number of nitrogens with zero attached hydrogens (tertiary/aromatic N) is 9. The van der Waals surface area contributed by atoms with Gasteiger partial charge < -0.3 is 41.4 Å². The van der Waals surface area contributed by atoms with Crippen LogP contribution in [-0.4, -0.2) is 89.3 Å². The number of methoxy groups -OCH3 is 2. The lowest BCUT2D eigenvalue weighted by Crippen LogP contribution is -2.60. The number of hydrogen-bond donors (Lipinski definition) is 6. The summed E-state index contributed by atoms with van der Waals surface area (Å²) in [6.07, 6.45) is 0.468. The minimum atomic E-state index is -1.15. The van der Waals surface area contributed by atoms with E-state index in [0.29, 0.717) is 61.4 Å². The Morgan fingerprint density at radius 1 is 1.09 bits per heavy atom. The first-order chi connectivity index (χ1) is 22.7. The van der Waals surface area contributed by atoms with Crippen molar-refractivity contribution in [2.45, 2.75) is 37.3 Å². The van der Waals surface area contributed by atoms with E-state index < -0.39 is 23.8 Å². The van der Waals surface area contributed by atoms with Gasteiger partial charge in [-0.15, -0.1) is 10.2 Å². The molecule has 2 unspecified atom stereocenters. The van der Waals surface area contributed by atoms with Crippen LogP contribution < -0.4 is 47.7 Å². The number of aromatic nitrogens is 2. The fourth-order valence-electron chi connectivity index (χ4n) is 5.31. The summed E-state index contributed by atoms with van der Waals surface area (Å²) in [5.41, 5.74) is 0.0834. The van der Waals surface area contributed by atoms with Gasteiger partial charge in [0.05, 0.1) is 20.3 Å². The second-order valence-corrected chi connectivity index (χ2v) is 11.0. The van der Waals surface area contributed by atoms with Crippen LogP contribution in [0.2, 0.25) is 0 Å². The number of hydrazine groups is 1. The molecular weight excluding hydrogens is 638 g/mol. The molecule has 4 heterocycles. The van der Waals surface area contributed by atoms with E-state index in [1.165, 1.54) is 19.2 Å². The van der Waals surface area contributed by atoms with E-state index in [-0.39, 0.29) is 29.3 Å². The van der Waals surface area contributed by atoms with Crippen LogP contribution in [0.5, 0.6) is 17.5 Å². The number of piperidine rings is 1. The number of nitrogens with one attached hydrogen (secondary N) is 3. The highest BCUT2D eigenvalue weighted by atomic mass is 35.5. The molecule has 3 aliphatic heterocycles. The number of hydrogen-bond acceptors (Lipinski definition) is 16. The molecule has 2 saturated heterocycles. The highest BCUT2D eigenvalue weighted by Gasteiger charge is 2.46. The topological polar surface area (TPSA) is 270 Å². The maximum absolute atomic E-state index is 13.3. The number of ether oxygens (including phenoxy) is 3. The van der Waals surface area contributed by atoms with Crippen molar-refractivity contribution < 1.29 is 23.8 Å². The van der Waals surface area contributed by atoms with Crippen LogP contribution in [0.3, 0.4) is 0 Å². The monoisotopic (exact) mass is 671 g/mol. The Kier molecular flexibility index (Phi) is 10.2. The number of amides is 2. The summed E-state index contributed by atoms with van der Waals surface area (Å²) in [6, 6.07) is 7.27. The van der Waals surface area contributed by atoms with Crippen molar-refractivity contribution in [3.63, 3.8) is 0 Å². The van der Waals surface area contributed by atoms with Crippen molar-refractivity contribution in [1.82, 2.24) is 35.8 Å². The molecule has 0 aliphatic carbocycles. The second-order valence-electron chi connectivity index (χ2n) is 10.6. The van der Waals surface area contributed by atoms with Gasteiger partial charge in [-0.25, -0.2) is 10.0 Å². The van der Waals surface area contributed by atoms with Crippen LogP contribution in [0, 0.1) is 0 Å². The molecule has 1 spiro atoms. The van der Waals surface area contributed by atoms with Crippen LogP contribution in [0.15, 0.2) is 67.0 Å². The van der Waals surface area contributed by atoms with E-state index in [1.54, 1.807) is 35.2 Å². The number of aliphatic imine (C=N–C) groups is 1. The first kappa shape index (κ1) is 33.2. The van der Waals surface area contributed by atoms with Crippen molar-refractivity contribution in [2.75, 3.05) is 33.9 Å². The summed E-state index contributed by atoms with van der Waals surface area (Å²) in [4.78, 5) is 40.8. The number of carbonyl (C=O) groups is 2. The molecule has 20 nitrogen and oxygen atoms in total. The van der Waals surface area contributed by atoms with Gasteiger partial charge in [0.15, 0.2) is 22.9 Å². The first-order valence-electron chi connectivity index (χ1n) is 14.2. The van der Waals surface area contributed by atoms with E-state index in [9.17, 15) is 9.59 Å². The van der Waals surface area contributed by atoms with Gasteiger partial charge >= 0.3 is 0 Å². The lowest BCUT2D eigenvalue weighted by molar-refractivity contribution is -0.123. The highest BCUT2D eigenvalue weighted by Crippen LogP contribution is 2.29. The van der Waals surface area contributed by atoms with Crippen molar-refractivity contribution in [3.8, 4) is 17.5 Å². The molecular formula is C26H34ClN15O5. The molecule has 2 amide bonds. The molecule has 1 aromatic heterocycles. The number of halogens is 1. The third-order valence-electron chi connectivity index (χ3n) is 7.68. The largest absolute Gasteiger partial charge is 0.486 e. The van der Waals surface area contributed by atoms with Gasteiger partial charge in [0.1, 0.15) is 18.6 Å². The van der Waals surface area contributed by atoms with Gasteiger partial charge in [0.2, 0.25) is 17.6 Å². The molecule has 3 aliphatic rings. The first-order valence-corrected chi connectivity index (χ1v) is 14.6. The van der Waals surface area contributed by atoms with Gasteiger partial charge in [-0.05, 0) is 37.1 Å². The normalized spacial score (nSPS) is 21.2. The molecule has 21 heteroatoms. The lowest BCUT2D eigenvalue weighted by atomic mass is 9.88. The fraction of sp³-hybridized carbons (Fsp3) is 0.423. The molecule has 2 fully saturated rings. The highest BCUT2D eigenvalue weighted by molar-refractivity contribution is 6.30. The Labute approximate surface area is 273 Å². The number of benzene rings is 1. The predicted octanol–water partition coefficient (Wildman–Crippen LogP) is -0.386. The second kappa shape index (κ2) is 14.5. The number of nitrogens with two attached hydrogens (primary N) is 3. The van der Waals surface area contributed by atoms with Crippen LogP contribution in [0.25, 0.3) is 0 Å². The number of carbonyl (C=O) groups excluding carboxylic acids is 2. The summed E-state index contributed by atoms with van der Waals surface area (Å²) in [5, 5.41) is 24.0. The third kappa shape index (κ3) is 7.62. The Morgan fingerprint density at radius 2 is 1.74 bits per heavy atom. The summed E-state index contributed by atoms with van der Waals surface area (Å²) in [6.45, 7) is 1.46. The average molecular weight is 672 g/mol. The molecule has 0 saturated carbocycles. The summed E-state index contributed by atoms with van der Waals surface area (Å²) < 4.78 is 16.1. The quantitative estimate of drug-likeness (QED) is 0.0859. The molecule has 47 heavy (non-hydrogen) atoms. The lowest BCUT2D eigenvalue weighted by Gasteiger charge is -2.39. The molecule has 250 valence electrons. The number of likely N-dealkylation sites (tertiary alicyclic amines) is 1. The van der Waals surface area contributed by atoms with Gasteiger partial charge in [-0.1, -0.05) is 22.0 Å². The Hall–Kier alpha value is -5.18. The molecule has 0 bridgehead atoms. The van der Waals surface area contributed by atoms with Gasteiger partial charge in [0, 0.05) is 30.7 Å². The summed E-state index contributed by atoms with van der Waals surface area (Å²) in [5.74, 6) is 17.3. The average Bonchev–Trinajstić information content (AvgIpc) is 3.38. The molecule has 1 aromatic carbocycles. The number of amidine groups is 1. The fourth-order valence-corrected chi connectivity index (χ4v) is 5.49. The standard InChI is InChI=1S/C26H34ClN15O5/c1-45-17-11-18(46-2)32-16(31-17)12-47-15-5-3-14(4-6-15)24(44)41-9-7-26(8-10-41)13-42(30)25(36-26)35-23(43)19-21(37-39-28)34-22(38-40-29)20(27)33-19/h3-6,11,19,25,33,36H,7-10,12-13,30H2,1-2H3,(H2,29,38)(H,35,43)(H2,28,34,37). The SMILES string of the molecule is COc1cc(OC)nc(COc2ccc(C(=O)N3CCC4(CC3)CN(N)C(NC(=O)C3NC(Cl)=C(N=NN)N=C3N=NN)N4)cc2)n1. The number of rotatable bonds is 9. The van der Waals surface area contributed by atoms with Gasteiger partial charge in [-0.3, -0.25) is 20.7 Å². The zero-order valence-corrected chi connectivity index (χ0v) is 26.2. The van der Waals surface area contributed by atoms with Crippen LogP contribution >= 0.6 is 11.6 Å². The van der Waals surface area contributed by atoms with Gasteiger partial charge in [0.25, 0.3) is 11.8 Å². The minimum Gasteiger partial charge on any atom is -0.486 e. The minimum absolute atomic E-state index is 0.0705. The van der Waals surface area contributed by atoms with Crippen molar-refractivity contribution in [2.24, 2.45) is 43.2 Å². The Morgan fingerprint density at radius 3 is 2.36 bits per heavy atom. The molecule has 2 atom stereocenters. The van der Waals surface area contributed by atoms with Crippen LogP contribution in [-0.2, 0) is 11.4 Å².